The molecule has 0 saturated heterocycles. The first-order valence-electron chi connectivity index (χ1n) is 7.31. The molecule has 3 aromatic rings. The highest BCUT2D eigenvalue weighted by Crippen LogP contribution is 2.26. The van der Waals surface area contributed by atoms with Crippen molar-refractivity contribution in [1.82, 2.24) is 9.97 Å². The molecule has 0 unspecified atom stereocenters. The van der Waals surface area contributed by atoms with Crippen LogP contribution in [0.5, 0.6) is 0 Å². The lowest BCUT2D eigenvalue weighted by molar-refractivity contribution is -0.697. The van der Waals surface area contributed by atoms with Crippen LogP contribution in [-0.4, -0.2) is 14.9 Å². The van der Waals surface area contributed by atoms with E-state index in [-0.39, 0.29) is 5.69 Å². The maximum atomic E-state index is 11.1. The van der Waals surface area contributed by atoms with Crippen LogP contribution in [0.25, 0.3) is 22.4 Å². The molecule has 0 fully saturated rings. The average molecular weight is 297 g/mol. The van der Waals surface area contributed by atoms with Gasteiger partial charge >= 0.3 is 0 Å². The number of benzene rings is 1. The number of H-pyrrole nitrogens is 1. The second-order valence-electron chi connectivity index (χ2n) is 5.19. The van der Waals surface area contributed by atoms with Gasteiger partial charge in [-0.25, -0.2) is 9.55 Å². The van der Waals surface area contributed by atoms with Crippen LogP contribution < -0.4 is 4.57 Å². The first-order valence-corrected chi connectivity index (χ1v) is 7.31. The molecule has 0 bridgehead atoms. The van der Waals surface area contributed by atoms with Gasteiger partial charge in [-0.05, 0) is 6.07 Å². The fourth-order valence-corrected chi connectivity index (χ4v) is 2.41. The quantitative estimate of drug-likeness (QED) is 0.446. The molecule has 2 aromatic heterocycles. The SMILES string of the molecule is CCCC[n+]1ccc(-c2nc3c([N+](=O)[O-])cccc3[nH]2)cc1. The van der Waals surface area contributed by atoms with E-state index < -0.39 is 4.92 Å². The van der Waals surface area contributed by atoms with E-state index >= 15 is 0 Å². The Balaban J connectivity index is 1.96. The highest BCUT2D eigenvalue weighted by molar-refractivity contribution is 5.87. The summed E-state index contributed by atoms with van der Waals surface area (Å²) in [5.41, 5.74) is 2.00. The van der Waals surface area contributed by atoms with Gasteiger partial charge in [0.15, 0.2) is 17.9 Å². The minimum Gasteiger partial charge on any atom is -0.338 e. The average Bonchev–Trinajstić information content (AvgIpc) is 2.97. The predicted octanol–water partition coefficient (Wildman–Crippen LogP) is 3.23. The van der Waals surface area contributed by atoms with Crippen LogP contribution in [-0.2, 0) is 6.54 Å². The number of hydrogen-bond donors (Lipinski definition) is 1. The number of para-hydroxylation sites is 1. The summed E-state index contributed by atoms with van der Waals surface area (Å²) in [6.45, 7) is 3.15. The maximum Gasteiger partial charge on any atom is 0.297 e. The Morgan fingerprint density at radius 2 is 2.05 bits per heavy atom. The van der Waals surface area contributed by atoms with Gasteiger partial charge in [0.1, 0.15) is 12.4 Å². The normalized spacial score (nSPS) is 11.0. The summed E-state index contributed by atoms with van der Waals surface area (Å²) in [5.74, 6) is 0.645. The standard InChI is InChI=1S/C16H16N4O2/c1-2-3-9-19-10-7-12(8-11-19)16-17-13-5-4-6-14(20(21)22)15(13)18-16/h4-8,10-11H,2-3,9H2,1H3/p+1. The number of nitrogens with one attached hydrogen (secondary N) is 1. The molecular weight excluding hydrogens is 280 g/mol. The van der Waals surface area contributed by atoms with Crippen LogP contribution in [0.15, 0.2) is 42.7 Å². The summed E-state index contributed by atoms with van der Waals surface area (Å²) in [6.07, 6.45) is 6.31. The van der Waals surface area contributed by atoms with Crippen molar-refractivity contribution in [2.75, 3.05) is 0 Å². The highest BCUT2D eigenvalue weighted by Gasteiger charge is 2.16. The first-order chi connectivity index (χ1) is 10.7. The minimum absolute atomic E-state index is 0.0222. The van der Waals surface area contributed by atoms with Crippen LogP contribution >= 0.6 is 0 Å². The second kappa shape index (κ2) is 5.93. The third-order valence-electron chi connectivity index (χ3n) is 3.62. The number of aromatic nitrogens is 3. The first kappa shape index (κ1) is 14.2. The number of imidazole rings is 1. The summed E-state index contributed by atoms with van der Waals surface area (Å²) in [4.78, 5) is 18.2. The Bertz CT molecular complexity index is 809. The zero-order chi connectivity index (χ0) is 15.5. The Morgan fingerprint density at radius 3 is 2.73 bits per heavy atom. The third-order valence-corrected chi connectivity index (χ3v) is 3.62. The molecule has 1 aromatic carbocycles. The number of nitrogens with zero attached hydrogens (tertiary/aromatic N) is 3. The summed E-state index contributed by atoms with van der Waals surface area (Å²) in [6, 6.07) is 8.87. The van der Waals surface area contributed by atoms with E-state index in [1.165, 1.54) is 6.07 Å². The summed E-state index contributed by atoms with van der Waals surface area (Å²) < 4.78 is 2.12. The molecule has 2 heterocycles. The van der Waals surface area contributed by atoms with E-state index in [0.29, 0.717) is 16.9 Å². The monoisotopic (exact) mass is 297 g/mol. The fourth-order valence-electron chi connectivity index (χ4n) is 2.41. The molecule has 112 valence electrons. The summed E-state index contributed by atoms with van der Waals surface area (Å²) in [7, 11) is 0. The molecule has 0 aliphatic rings. The van der Waals surface area contributed by atoms with Gasteiger partial charge in [0.05, 0.1) is 10.4 Å². The van der Waals surface area contributed by atoms with E-state index in [9.17, 15) is 10.1 Å². The second-order valence-corrected chi connectivity index (χ2v) is 5.19. The number of non-ortho nitro benzene ring substituents is 1. The number of unbranched alkanes of at least 4 members (excludes halogenated alkanes) is 1. The Hall–Kier alpha value is -2.76. The molecule has 0 spiro atoms. The summed E-state index contributed by atoms with van der Waals surface area (Å²) >= 11 is 0. The van der Waals surface area contributed by atoms with E-state index in [1.807, 2.05) is 24.5 Å². The van der Waals surface area contributed by atoms with Gasteiger partial charge in [0.25, 0.3) is 5.69 Å². The van der Waals surface area contributed by atoms with Crippen molar-refractivity contribution in [3.63, 3.8) is 0 Å². The van der Waals surface area contributed by atoms with E-state index in [0.717, 1.165) is 24.9 Å². The van der Waals surface area contributed by atoms with Crippen LogP contribution in [0.4, 0.5) is 5.69 Å². The number of hydrogen-bond acceptors (Lipinski definition) is 3. The lowest BCUT2D eigenvalue weighted by atomic mass is 10.2. The molecule has 1 N–H and O–H groups in total. The fraction of sp³-hybridized carbons (Fsp3) is 0.250. The van der Waals surface area contributed by atoms with Crippen molar-refractivity contribution < 1.29 is 9.49 Å². The topological polar surface area (TPSA) is 75.7 Å². The smallest absolute Gasteiger partial charge is 0.297 e. The number of nitro benzene ring substituents is 1. The lowest BCUT2D eigenvalue weighted by Crippen LogP contribution is -2.32. The molecule has 0 radical (unpaired) electrons. The molecule has 6 nitrogen and oxygen atoms in total. The van der Waals surface area contributed by atoms with Crippen LogP contribution in [0.2, 0.25) is 0 Å². The molecule has 22 heavy (non-hydrogen) atoms. The number of aryl methyl sites for hydroxylation is 1. The third kappa shape index (κ3) is 2.67. The number of aromatic amines is 1. The summed E-state index contributed by atoms with van der Waals surface area (Å²) in [5, 5.41) is 11.1. The Morgan fingerprint density at radius 1 is 1.27 bits per heavy atom. The van der Waals surface area contributed by atoms with Gasteiger partial charge in [-0.2, -0.15) is 0 Å². The molecule has 3 rings (SSSR count). The maximum absolute atomic E-state index is 11.1. The van der Waals surface area contributed by atoms with E-state index in [2.05, 4.69) is 21.5 Å². The van der Waals surface area contributed by atoms with Gasteiger partial charge in [0, 0.05) is 30.2 Å². The zero-order valence-corrected chi connectivity index (χ0v) is 12.3. The number of pyridine rings is 1. The minimum atomic E-state index is -0.406. The van der Waals surface area contributed by atoms with Crippen LogP contribution in [0.1, 0.15) is 19.8 Å². The van der Waals surface area contributed by atoms with Gasteiger partial charge in [0.2, 0.25) is 0 Å². The Labute approximate surface area is 127 Å². The number of fused-ring (bicyclic) bond motifs is 1. The van der Waals surface area contributed by atoms with Crippen LogP contribution in [0.3, 0.4) is 0 Å². The van der Waals surface area contributed by atoms with Crippen molar-refractivity contribution in [2.45, 2.75) is 26.3 Å². The molecular formula is C16H17N4O2+. The number of nitro groups is 1. The van der Waals surface area contributed by atoms with Crippen molar-refractivity contribution in [3.05, 3.63) is 52.8 Å². The number of rotatable bonds is 5. The van der Waals surface area contributed by atoms with Gasteiger partial charge in [-0.15, -0.1) is 0 Å². The van der Waals surface area contributed by atoms with Gasteiger partial charge in [-0.3, -0.25) is 10.1 Å². The molecule has 0 saturated carbocycles. The van der Waals surface area contributed by atoms with Crippen LogP contribution in [0, 0.1) is 10.1 Å². The largest absolute Gasteiger partial charge is 0.338 e. The molecule has 6 heteroatoms. The molecule has 0 amide bonds. The van der Waals surface area contributed by atoms with E-state index in [1.54, 1.807) is 12.1 Å². The van der Waals surface area contributed by atoms with Crippen molar-refractivity contribution in [1.29, 1.82) is 0 Å². The molecule has 0 aliphatic heterocycles. The molecule has 0 aliphatic carbocycles. The van der Waals surface area contributed by atoms with Crippen molar-refractivity contribution in [3.8, 4) is 11.4 Å². The zero-order valence-electron chi connectivity index (χ0n) is 12.3. The lowest BCUT2D eigenvalue weighted by Gasteiger charge is -1.97. The van der Waals surface area contributed by atoms with Crippen molar-refractivity contribution in [2.24, 2.45) is 0 Å². The van der Waals surface area contributed by atoms with E-state index in [4.69, 9.17) is 0 Å². The molecule has 0 atom stereocenters. The Kier molecular flexibility index (Phi) is 3.82. The van der Waals surface area contributed by atoms with Gasteiger partial charge in [-0.1, -0.05) is 19.4 Å². The van der Waals surface area contributed by atoms with Gasteiger partial charge < -0.3 is 4.98 Å². The predicted molar refractivity (Wildman–Crippen MR) is 83.3 cm³/mol. The highest BCUT2D eigenvalue weighted by atomic mass is 16.6. The van der Waals surface area contributed by atoms with Crippen molar-refractivity contribution >= 4 is 16.7 Å².